The van der Waals surface area contributed by atoms with Gasteiger partial charge in [0.15, 0.2) is 0 Å². The number of hydrogen-bond acceptors (Lipinski definition) is 2. The second-order valence-electron chi connectivity index (χ2n) is 7.11. The van der Waals surface area contributed by atoms with E-state index in [1.807, 2.05) is 0 Å². The van der Waals surface area contributed by atoms with E-state index >= 15 is 0 Å². The first-order chi connectivity index (χ1) is 8.04. The molecule has 0 spiro atoms. The van der Waals surface area contributed by atoms with Gasteiger partial charge >= 0.3 is 0 Å². The van der Waals surface area contributed by atoms with Gasteiger partial charge < -0.3 is 5.73 Å². The van der Waals surface area contributed by atoms with Gasteiger partial charge in [-0.3, -0.25) is 4.90 Å². The molecule has 1 aliphatic heterocycles. The molecule has 2 heteroatoms. The highest BCUT2D eigenvalue weighted by molar-refractivity contribution is 4.94. The van der Waals surface area contributed by atoms with Gasteiger partial charge in [-0.1, -0.05) is 33.6 Å². The number of nitrogens with zero attached hydrogens (tertiary/aromatic N) is 1. The van der Waals surface area contributed by atoms with Crippen molar-refractivity contribution >= 4 is 0 Å². The third-order valence-electron chi connectivity index (χ3n) is 4.91. The largest absolute Gasteiger partial charge is 0.329 e. The summed E-state index contributed by atoms with van der Waals surface area (Å²) in [5.41, 5.74) is 6.38. The predicted octanol–water partition coefficient (Wildman–Crippen LogP) is 3.01. The van der Waals surface area contributed by atoms with Gasteiger partial charge in [-0.2, -0.15) is 0 Å². The molecule has 1 heterocycles. The zero-order valence-electron chi connectivity index (χ0n) is 11.9. The van der Waals surface area contributed by atoms with E-state index in [2.05, 4.69) is 25.7 Å². The molecular weight excluding hydrogens is 208 g/mol. The number of fused-ring (bicyclic) bond motifs is 1. The Labute approximate surface area is 107 Å². The van der Waals surface area contributed by atoms with Crippen LogP contribution in [0.4, 0.5) is 0 Å². The molecule has 2 rings (SSSR count). The third-order valence-corrected chi connectivity index (χ3v) is 4.91. The summed E-state index contributed by atoms with van der Waals surface area (Å²) in [6.45, 7) is 9.12. The summed E-state index contributed by atoms with van der Waals surface area (Å²) in [4.78, 5) is 2.77. The van der Waals surface area contributed by atoms with Crippen molar-refractivity contribution < 1.29 is 0 Å². The van der Waals surface area contributed by atoms with E-state index in [1.54, 1.807) is 0 Å². The summed E-state index contributed by atoms with van der Waals surface area (Å²) in [5, 5.41) is 0. The molecule has 3 atom stereocenters. The Bertz CT molecular complexity index is 242. The van der Waals surface area contributed by atoms with Gasteiger partial charge in [0, 0.05) is 18.6 Å². The topological polar surface area (TPSA) is 29.3 Å². The smallest absolute Gasteiger partial charge is 0.0269 e. The fraction of sp³-hybridized carbons (Fsp3) is 1.00. The lowest BCUT2D eigenvalue weighted by atomic mass is 9.75. The van der Waals surface area contributed by atoms with E-state index in [1.165, 1.54) is 45.1 Å². The summed E-state index contributed by atoms with van der Waals surface area (Å²) >= 11 is 0. The normalized spacial score (nSPS) is 33.2. The van der Waals surface area contributed by atoms with Gasteiger partial charge in [0.1, 0.15) is 0 Å². The quantitative estimate of drug-likeness (QED) is 0.801. The third kappa shape index (κ3) is 2.85. The molecule has 0 amide bonds. The van der Waals surface area contributed by atoms with Crippen LogP contribution in [0.2, 0.25) is 0 Å². The first-order valence-corrected chi connectivity index (χ1v) is 7.50. The number of rotatable bonds is 2. The van der Waals surface area contributed by atoms with Crippen LogP contribution in [0, 0.1) is 11.3 Å². The van der Waals surface area contributed by atoms with Crippen LogP contribution in [0.3, 0.4) is 0 Å². The molecule has 0 aromatic heterocycles. The van der Waals surface area contributed by atoms with Gasteiger partial charge in [-0.15, -0.1) is 0 Å². The lowest BCUT2D eigenvalue weighted by Gasteiger charge is -2.51. The fourth-order valence-electron chi connectivity index (χ4n) is 4.04. The molecule has 0 bridgehead atoms. The molecule has 100 valence electrons. The van der Waals surface area contributed by atoms with E-state index in [-0.39, 0.29) is 0 Å². The molecule has 0 aromatic carbocycles. The molecule has 1 saturated heterocycles. The molecule has 2 aliphatic rings. The Morgan fingerprint density at radius 1 is 1.12 bits per heavy atom. The van der Waals surface area contributed by atoms with E-state index in [9.17, 15) is 0 Å². The van der Waals surface area contributed by atoms with Crippen molar-refractivity contribution in [2.75, 3.05) is 13.1 Å². The van der Waals surface area contributed by atoms with Crippen molar-refractivity contribution in [2.45, 2.75) is 71.4 Å². The summed E-state index contributed by atoms with van der Waals surface area (Å²) in [7, 11) is 0. The van der Waals surface area contributed by atoms with Crippen LogP contribution >= 0.6 is 0 Å². The Morgan fingerprint density at radius 2 is 1.76 bits per heavy atom. The Kier molecular flexibility index (Phi) is 4.14. The zero-order valence-corrected chi connectivity index (χ0v) is 11.9. The highest BCUT2D eigenvalue weighted by atomic mass is 15.2. The maximum atomic E-state index is 6.07. The van der Waals surface area contributed by atoms with Crippen LogP contribution in [0.15, 0.2) is 0 Å². The molecule has 2 fully saturated rings. The van der Waals surface area contributed by atoms with Crippen LogP contribution in [0.5, 0.6) is 0 Å². The molecule has 17 heavy (non-hydrogen) atoms. The second kappa shape index (κ2) is 5.27. The SMILES string of the molecule is CC(C)(C)C(CN)N1CCCC2CCCCC21. The van der Waals surface area contributed by atoms with E-state index in [0.717, 1.165) is 18.5 Å². The lowest BCUT2D eigenvalue weighted by molar-refractivity contribution is -0.00940. The summed E-state index contributed by atoms with van der Waals surface area (Å²) in [6.07, 6.45) is 8.60. The van der Waals surface area contributed by atoms with Gasteiger partial charge in [-0.05, 0) is 43.6 Å². The van der Waals surface area contributed by atoms with Crippen LogP contribution in [-0.4, -0.2) is 30.1 Å². The monoisotopic (exact) mass is 238 g/mol. The van der Waals surface area contributed by atoms with E-state index in [0.29, 0.717) is 11.5 Å². The standard InChI is InChI=1S/C15H30N2/c1-15(2,3)14(11-16)17-10-6-8-12-7-4-5-9-13(12)17/h12-14H,4-11,16H2,1-3H3. The summed E-state index contributed by atoms with van der Waals surface area (Å²) in [6, 6.07) is 1.40. The van der Waals surface area contributed by atoms with Gasteiger partial charge in [0.2, 0.25) is 0 Å². The predicted molar refractivity (Wildman–Crippen MR) is 74.0 cm³/mol. The molecule has 1 saturated carbocycles. The Balaban J connectivity index is 2.12. The van der Waals surface area contributed by atoms with Gasteiger partial charge in [0.05, 0.1) is 0 Å². The van der Waals surface area contributed by atoms with E-state index in [4.69, 9.17) is 5.73 Å². The van der Waals surface area contributed by atoms with Crippen LogP contribution < -0.4 is 5.73 Å². The Morgan fingerprint density at radius 3 is 2.41 bits per heavy atom. The summed E-state index contributed by atoms with van der Waals surface area (Å²) < 4.78 is 0. The maximum Gasteiger partial charge on any atom is 0.0269 e. The highest BCUT2D eigenvalue weighted by Crippen LogP contribution is 2.38. The molecule has 3 unspecified atom stereocenters. The number of hydrogen-bond donors (Lipinski definition) is 1. The molecule has 2 N–H and O–H groups in total. The van der Waals surface area contributed by atoms with Crippen molar-refractivity contribution in [1.29, 1.82) is 0 Å². The Hall–Kier alpha value is -0.0800. The van der Waals surface area contributed by atoms with Crippen molar-refractivity contribution in [3.05, 3.63) is 0 Å². The zero-order chi connectivity index (χ0) is 12.5. The first-order valence-electron chi connectivity index (χ1n) is 7.50. The average Bonchev–Trinajstić information content (AvgIpc) is 2.28. The minimum absolute atomic E-state index is 0.314. The van der Waals surface area contributed by atoms with Crippen molar-refractivity contribution in [1.82, 2.24) is 4.90 Å². The first kappa shape index (κ1) is 13.4. The van der Waals surface area contributed by atoms with Gasteiger partial charge in [0.25, 0.3) is 0 Å². The molecule has 1 aliphatic carbocycles. The second-order valence-corrected chi connectivity index (χ2v) is 7.11. The minimum atomic E-state index is 0.314. The summed E-state index contributed by atoms with van der Waals surface area (Å²) in [5.74, 6) is 0.967. The fourth-order valence-corrected chi connectivity index (χ4v) is 4.04. The molecule has 0 radical (unpaired) electrons. The average molecular weight is 238 g/mol. The van der Waals surface area contributed by atoms with Crippen molar-refractivity contribution in [2.24, 2.45) is 17.1 Å². The molecule has 2 nitrogen and oxygen atoms in total. The maximum absolute atomic E-state index is 6.07. The van der Waals surface area contributed by atoms with Crippen LogP contribution in [0.25, 0.3) is 0 Å². The molecular formula is C15H30N2. The minimum Gasteiger partial charge on any atom is -0.329 e. The number of likely N-dealkylation sites (tertiary alicyclic amines) is 1. The number of nitrogens with two attached hydrogens (primary N) is 1. The van der Waals surface area contributed by atoms with Crippen LogP contribution in [-0.2, 0) is 0 Å². The van der Waals surface area contributed by atoms with Crippen molar-refractivity contribution in [3.63, 3.8) is 0 Å². The van der Waals surface area contributed by atoms with Gasteiger partial charge in [-0.25, -0.2) is 0 Å². The van der Waals surface area contributed by atoms with E-state index < -0.39 is 0 Å². The molecule has 0 aromatic rings. The highest BCUT2D eigenvalue weighted by Gasteiger charge is 2.39. The lowest BCUT2D eigenvalue weighted by Crippen LogP contribution is -2.57. The number of piperidine rings is 1. The van der Waals surface area contributed by atoms with Crippen molar-refractivity contribution in [3.8, 4) is 0 Å². The van der Waals surface area contributed by atoms with Crippen LogP contribution in [0.1, 0.15) is 59.3 Å².